The molecule has 0 spiro atoms. The number of rotatable bonds is 6. The maximum absolute atomic E-state index is 12.7. The van der Waals surface area contributed by atoms with Gasteiger partial charge < -0.3 is 13.7 Å². The molecule has 130 valence electrons. The van der Waals surface area contributed by atoms with Crippen LogP contribution in [0.15, 0.2) is 77.5 Å². The van der Waals surface area contributed by atoms with Crippen molar-refractivity contribution in [3.63, 3.8) is 0 Å². The van der Waals surface area contributed by atoms with Gasteiger partial charge in [-0.05, 0) is 37.3 Å². The van der Waals surface area contributed by atoms with Crippen molar-refractivity contribution in [3.8, 4) is 5.75 Å². The highest BCUT2D eigenvalue weighted by atomic mass is 16.5. The number of fused-ring (bicyclic) bond motifs is 1. The minimum atomic E-state index is -0.107. The first kappa shape index (κ1) is 16.2. The molecular weight excluding hydrogens is 326 g/mol. The molecule has 4 rings (SSSR count). The number of para-hydroxylation sites is 1. The van der Waals surface area contributed by atoms with Gasteiger partial charge in [0.05, 0.1) is 18.4 Å². The third-order valence-corrected chi connectivity index (χ3v) is 4.40. The number of aryl methyl sites for hydroxylation is 1. The molecule has 4 nitrogen and oxygen atoms in total. The van der Waals surface area contributed by atoms with Crippen LogP contribution in [-0.2, 0) is 6.54 Å². The van der Waals surface area contributed by atoms with E-state index in [4.69, 9.17) is 9.15 Å². The zero-order valence-electron chi connectivity index (χ0n) is 14.5. The summed E-state index contributed by atoms with van der Waals surface area (Å²) >= 11 is 0. The predicted molar refractivity (Wildman–Crippen MR) is 101 cm³/mol. The molecule has 26 heavy (non-hydrogen) atoms. The second-order valence-corrected chi connectivity index (χ2v) is 6.22. The van der Waals surface area contributed by atoms with Crippen LogP contribution in [-0.4, -0.2) is 17.0 Å². The molecule has 2 aromatic heterocycles. The van der Waals surface area contributed by atoms with E-state index in [0.717, 1.165) is 16.7 Å². The van der Waals surface area contributed by atoms with Gasteiger partial charge in [0.25, 0.3) is 0 Å². The summed E-state index contributed by atoms with van der Waals surface area (Å²) in [5.41, 5.74) is 2.86. The van der Waals surface area contributed by atoms with E-state index < -0.39 is 0 Å². The summed E-state index contributed by atoms with van der Waals surface area (Å²) in [4.78, 5) is 12.7. The molecule has 0 radical (unpaired) electrons. The van der Waals surface area contributed by atoms with Crippen LogP contribution in [0.3, 0.4) is 0 Å². The Hall–Kier alpha value is -3.27. The third-order valence-electron chi connectivity index (χ3n) is 4.40. The smallest absolute Gasteiger partial charge is 0.230 e. The number of ether oxygens (including phenoxy) is 1. The van der Waals surface area contributed by atoms with Crippen LogP contribution >= 0.6 is 0 Å². The van der Waals surface area contributed by atoms with Crippen molar-refractivity contribution in [2.45, 2.75) is 13.5 Å². The lowest BCUT2D eigenvalue weighted by atomic mass is 10.1. The van der Waals surface area contributed by atoms with Crippen molar-refractivity contribution < 1.29 is 13.9 Å². The molecule has 2 aromatic carbocycles. The van der Waals surface area contributed by atoms with Crippen molar-refractivity contribution in [3.05, 3.63) is 90.0 Å². The summed E-state index contributed by atoms with van der Waals surface area (Å²) < 4.78 is 13.2. The van der Waals surface area contributed by atoms with Crippen molar-refractivity contribution >= 4 is 16.7 Å². The Labute approximate surface area is 151 Å². The van der Waals surface area contributed by atoms with Gasteiger partial charge in [-0.3, -0.25) is 4.79 Å². The van der Waals surface area contributed by atoms with E-state index in [1.54, 1.807) is 12.1 Å². The number of nitrogens with zero attached hydrogens (tertiary/aromatic N) is 1. The molecule has 0 atom stereocenters. The van der Waals surface area contributed by atoms with Gasteiger partial charge in [0, 0.05) is 17.1 Å². The molecule has 0 saturated heterocycles. The van der Waals surface area contributed by atoms with Crippen LogP contribution < -0.4 is 4.74 Å². The molecule has 0 N–H and O–H groups in total. The van der Waals surface area contributed by atoms with Crippen LogP contribution in [0.25, 0.3) is 10.9 Å². The number of hydrogen-bond donors (Lipinski definition) is 0. The first-order valence-corrected chi connectivity index (χ1v) is 8.58. The van der Waals surface area contributed by atoms with Gasteiger partial charge in [-0.1, -0.05) is 35.9 Å². The van der Waals surface area contributed by atoms with Gasteiger partial charge in [0.1, 0.15) is 12.4 Å². The van der Waals surface area contributed by atoms with Gasteiger partial charge in [0.15, 0.2) is 5.76 Å². The predicted octanol–water partition coefficient (Wildman–Crippen LogP) is 4.85. The molecule has 0 bridgehead atoms. The molecule has 0 aliphatic carbocycles. The molecule has 0 fully saturated rings. The summed E-state index contributed by atoms with van der Waals surface area (Å²) in [6.07, 6.45) is 3.40. The number of carbonyl (C=O) groups excluding carboxylic acids is 1. The van der Waals surface area contributed by atoms with E-state index in [1.165, 1.54) is 11.8 Å². The Bertz CT molecular complexity index is 1030. The molecule has 0 unspecified atom stereocenters. The van der Waals surface area contributed by atoms with Crippen molar-refractivity contribution in [1.29, 1.82) is 0 Å². The molecular formula is C22H19NO3. The van der Waals surface area contributed by atoms with Crippen molar-refractivity contribution in [2.75, 3.05) is 6.61 Å². The highest BCUT2D eigenvalue weighted by molar-refractivity contribution is 6.15. The van der Waals surface area contributed by atoms with E-state index in [9.17, 15) is 4.79 Å². The molecule has 0 saturated carbocycles. The second-order valence-electron chi connectivity index (χ2n) is 6.22. The Balaban J connectivity index is 1.57. The average Bonchev–Trinajstić information content (AvgIpc) is 3.32. The monoisotopic (exact) mass is 345 g/mol. The number of hydrogen-bond acceptors (Lipinski definition) is 3. The minimum Gasteiger partial charge on any atom is -0.492 e. The van der Waals surface area contributed by atoms with E-state index in [-0.39, 0.29) is 5.78 Å². The number of ketones is 1. The van der Waals surface area contributed by atoms with Gasteiger partial charge in [0.2, 0.25) is 5.78 Å². The Morgan fingerprint density at radius 1 is 1.04 bits per heavy atom. The molecule has 0 aliphatic heterocycles. The number of aromatic nitrogens is 1. The summed E-state index contributed by atoms with van der Waals surface area (Å²) in [5, 5.41) is 0.921. The van der Waals surface area contributed by atoms with Crippen LogP contribution in [0.1, 0.15) is 21.7 Å². The largest absolute Gasteiger partial charge is 0.492 e. The normalized spacial score (nSPS) is 11.0. The zero-order chi connectivity index (χ0) is 17.9. The van der Waals surface area contributed by atoms with E-state index in [2.05, 4.69) is 4.57 Å². The zero-order valence-corrected chi connectivity index (χ0v) is 14.5. The molecule has 4 heteroatoms. The Kier molecular flexibility index (Phi) is 4.32. The molecule has 0 amide bonds. The van der Waals surface area contributed by atoms with Crippen molar-refractivity contribution in [2.24, 2.45) is 0 Å². The van der Waals surface area contributed by atoms with Gasteiger partial charge in [-0.2, -0.15) is 0 Å². The fraction of sp³-hybridized carbons (Fsp3) is 0.136. The molecule has 2 heterocycles. The minimum absolute atomic E-state index is 0.107. The first-order valence-electron chi connectivity index (χ1n) is 8.58. The summed E-state index contributed by atoms with van der Waals surface area (Å²) in [6, 6.07) is 19.3. The van der Waals surface area contributed by atoms with Crippen molar-refractivity contribution in [1.82, 2.24) is 4.57 Å². The van der Waals surface area contributed by atoms with Crippen LogP contribution in [0.5, 0.6) is 5.75 Å². The fourth-order valence-corrected chi connectivity index (χ4v) is 3.05. The lowest BCUT2D eigenvalue weighted by Gasteiger charge is -2.08. The molecule has 0 aliphatic rings. The highest BCUT2D eigenvalue weighted by Crippen LogP contribution is 2.24. The lowest BCUT2D eigenvalue weighted by Crippen LogP contribution is -2.07. The number of benzene rings is 2. The summed E-state index contributed by atoms with van der Waals surface area (Å²) in [7, 11) is 0. The third kappa shape index (κ3) is 3.14. The maximum atomic E-state index is 12.7. The Morgan fingerprint density at radius 2 is 1.85 bits per heavy atom. The van der Waals surface area contributed by atoms with E-state index in [0.29, 0.717) is 24.5 Å². The van der Waals surface area contributed by atoms with Crippen LogP contribution in [0.4, 0.5) is 0 Å². The van der Waals surface area contributed by atoms with Crippen LogP contribution in [0, 0.1) is 6.92 Å². The average molecular weight is 345 g/mol. The number of furan rings is 1. The summed E-state index contributed by atoms with van der Waals surface area (Å²) in [6.45, 7) is 3.23. The van der Waals surface area contributed by atoms with E-state index in [1.807, 2.05) is 61.7 Å². The van der Waals surface area contributed by atoms with Gasteiger partial charge in [-0.15, -0.1) is 0 Å². The van der Waals surface area contributed by atoms with Crippen LogP contribution in [0.2, 0.25) is 0 Å². The van der Waals surface area contributed by atoms with Gasteiger partial charge in [-0.25, -0.2) is 0 Å². The Morgan fingerprint density at radius 3 is 2.62 bits per heavy atom. The number of carbonyl (C=O) groups is 1. The molecule has 4 aromatic rings. The maximum Gasteiger partial charge on any atom is 0.230 e. The first-order chi connectivity index (χ1) is 12.7. The lowest BCUT2D eigenvalue weighted by molar-refractivity contribution is 0.101. The van der Waals surface area contributed by atoms with Gasteiger partial charge >= 0.3 is 0 Å². The summed E-state index contributed by atoms with van der Waals surface area (Å²) in [5.74, 6) is 1.09. The fourth-order valence-electron chi connectivity index (χ4n) is 3.05. The van der Waals surface area contributed by atoms with E-state index >= 15 is 0 Å². The highest BCUT2D eigenvalue weighted by Gasteiger charge is 2.18. The second kappa shape index (κ2) is 6.92. The SMILES string of the molecule is Cc1ccc(OCCn2cc(C(=O)c3ccco3)c3ccccc32)cc1. The quantitative estimate of drug-likeness (QED) is 0.469. The standard InChI is InChI=1S/C22H19NO3/c1-16-8-10-17(11-9-16)25-14-12-23-15-19(18-5-2-3-6-20(18)23)22(24)21-7-4-13-26-21/h2-11,13,15H,12,14H2,1H3. The topological polar surface area (TPSA) is 44.4 Å².